The van der Waals surface area contributed by atoms with Crippen LogP contribution in [0.15, 0.2) is 69.8 Å². The first-order valence-corrected chi connectivity index (χ1v) is 12.2. The molecular formula is C20H22FN3O4S2. The van der Waals surface area contributed by atoms with Gasteiger partial charge in [-0.25, -0.2) is 30.9 Å². The number of aromatic nitrogens is 2. The maximum atomic E-state index is 13.2. The van der Waals surface area contributed by atoms with Crippen LogP contribution in [0.4, 0.5) is 4.39 Å². The summed E-state index contributed by atoms with van der Waals surface area (Å²) in [5.41, 5.74) is 0.851. The Balaban J connectivity index is 1.87. The molecule has 30 heavy (non-hydrogen) atoms. The van der Waals surface area contributed by atoms with E-state index in [0.29, 0.717) is 24.1 Å². The molecule has 0 saturated heterocycles. The summed E-state index contributed by atoms with van der Waals surface area (Å²) in [5, 5.41) is 0. The second-order valence-electron chi connectivity index (χ2n) is 6.89. The van der Waals surface area contributed by atoms with Crippen LogP contribution >= 0.6 is 0 Å². The van der Waals surface area contributed by atoms with Gasteiger partial charge in [0, 0.05) is 25.5 Å². The van der Waals surface area contributed by atoms with Gasteiger partial charge < -0.3 is 4.57 Å². The Kier molecular flexibility index (Phi) is 6.39. The van der Waals surface area contributed by atoms with Crippen molar-refractivity contribution in [2.24, 2.45) is 0 Å². The van der Waals surface area contributed by atoms with E-state index in [-0.39, 0.29) is 21.2 Å². The number of halogens is 1. The van der Waals surface area contributed by atoms with Gasteiger partial charge in [0.15, 0.2) is 0 Å². The van der Waals surface area contributed by atoms with Crippen LogP contribution < -0.4 is 4.72 Å². The molecule has 3 aromatic rings. The van der Waals surface area contributed by atoms with Gasteiger partial charge in [-0.15, -0.1) is 0 Å². The monoisotopic (exact) mass is 451 g/mol. The van der Waals surface area contributed by atoms with Crippen molar-refractivity contribution < 1.29 is 21.2 Å². The molecule has 0 radical (unpaired) electrons. The molecule has 0 atom stereocenters. The number of sulfone groups is 1. The summed E-state index contributed by atoms with van der Waals surface area (Å²) in [6, 6.07) is 7.11. The standard InChI is InChI=1S/C20H22FN3O4S2/c1-15-12-16(2)20(30(27,28)23-8-3-10-24-11-9-22-14-24)13-19(15)29(25,26)18-6-4-17(21)5-7-18/h4-7,9,11-14,23H,3,8,10H2,1-2H3. The normalized spacial score (nSPS) is 12.2. The largest absolute Gasteiger partial charge is 0.337 e. The van der Waals surface area contributed by atoms with Crippen molar-refractivity contribution in [3.05, 3.63) is 72.1 Å². The lowest BCUT2D eigenvalue weighted by Gasteiger charge is -2.14. The van der Waals surface area contributed by atoms with Crippen molar-refractivity contribution in [1.82, 2.24) is 14.3 Å². The zero-order chi connectivity index (χ0) is 21.9. The lowest BCUT2D eigenvalue weighted by molar-refractivity contribution is 0.569. The topological polar surface area (TPSA) is 98.1 Å². The molecule has 0 spiro atoms. The molecule has 0 aliphatic heterocycles. The van der Waals surface area contributed by atoms with E-state index in [0.717, 1.165) is 24.3 Å². The van der Waals surface area contributed by atoms with Crippen LogP contribution in [0.3, 0.4) is 0 Å². The zero-order valence-electron chi connectivity index (χ0n) is 16.5. The van der Waals surface area contributed by atoms with Crippen molar-refractivity contribution in [3.63, 3.8) is 0 Å². The smallest absolute Gasteiger partial charge is 0.240 e. The highest BCUT2D eigenvalue weighted by Crippen LogP contribution is 2.28. The highest BCUT2D eigenvalue weighted by atomic mass is 32.2. The summed E-state index contributed by atoms with van der Waals surface area (Å²) in [7, 11) is -7.93. The second kappa shape index (κ2) is 8.66. The maximum Gasteiger partial charge on any atom is 0.240 e. The van der Waals surface area contributed by atoms with Gasteiger partial charge >= 0.3 is 0 Å². The van der Waals surface area contributed by atoms with Crippen molar-refractivity contribution in [3.8, 4) is 0 Å². The SMILES string of the molecule is Cc1cc(C)c(S(=O)(=O)c2ccc(F)cc2)cc1S(=O)(=O)NCCCn1ccnc1. The number of imidazole rings is 1. The van der Waals surface area contributed by atoms with Crippen molar-refractivity contribution in [2.45, 2.75) is 41.5 Å². The van der Waals surface area contributed by atoms with E-state index in [1.807, 2.05) is 4.57 Å². The summed E-state index contributed by atoms with van der Waals surface area (Å²) < 4.78 is 69.2. The minimum atomic E-state index is -4.01. The summed E-state index contributed by atoms with van der Waals surface area (Å²) >= 11 is 0. The Morgan fingerprint density at radius 1 is 1.00 bits per heavy atom. The molecule has 2 aromatic carbocycles. The summed E-state index contributed by atoms with van der Waals surface area (Å²) in [5.74, 6) is -0.558. The van der Waals surface area contributed by atoms with Crippen LogP contribution in [-0.2, 0) is 26.4 Å². The molecule has 0 fully saturated rings. The Bertz CT molecular complexity index is 1240. The number of hydrogen-bond donors (Lipinski definition) is 1. The van der Waals surface area contributed by atoms with Crippen LogP contribution in [-0.4, -0.2) is 32.9 Å². The Labute approximate surface area is 175 Å². The van der Waals surface area contributed by atoms with Gasteiger partial charge in [0.25, 0.3) is 0 Å². The molecule has 0 amide bonds. The fourth-order valence-electron chi connectivity index (χ4n) is 3.10. The molecule has 7 nitrogen and oxygen atoms in total. The highest BCUT2D eigenvalue weighted by Gasteiger charge is 2.25. The highest BCUT2D eigenvalue weighted by molar-refractivity contribution is 7.91. The number of sulfonamides is 1. The molecule has 0 aliphatic rings. The minimum absolute atomic E-state index is 0.101. The lowest BCUT2D eigenvalue weighted by Crippen LogP contribution is -2.26. The summed E-state index contributed by atoms with van der Waals surface area (Å²) in [6.45, 7) is 3.99. The van der Waals surface area contributed by atoms with E-state index in [9.17, 15) is 21.2 Å². The number of benzene rings is 2. The molecule has 3 rings (SSSR count). The van der Waals surface area contributed by atoms with Crippen LogP contribution in [0, 0.1) is 19.7 Å². The van der Waals surface area contributed by atoms with E-state index in [4.69, 9.17) is 0 Å². The van der Waals surface area contributed by atoms with Gasteiger partial charge in [-0.2, -0.15) is 0 Å². The van der Waals surface area contributed by atoms with E-state index in [1.165, 1.54) is 12.1 Å². The minimum Gasteiger partial charge on any atom is -0.337 e. The number of hydrogen-bond acceptors (Lipinski definition) is 5. The van der Waals surface area contributed by atoms with Crippen LogP contribution in [0.2, 0.25) is 0 Å². The predicted molar refractivity (Wildman–Crippen MR) is 110 cm³/mol. The third-order valence-electron chi connectivity index (χ3n) is 4.62. The first kappa shape index (κ1) is 22.1. The first-order valence-electron chi connectivity index (χ1n) is 9.18. The molecule has 10 heteroatoms. The fraction of sp³-hybridized carbons (Fsp3) is 0.250. The molecule has 0 saturated carbocycles. The van der Waals surface area contributed by atoms with E-state index in [1.54, 1.807) is 32.6 Å². The van der Waals surface area contributed by atoms with Crippen molar-refractivity contribution in [2.75, 3.05) is 6.54 Å². The molecule has 0 aliphatic carbocycles. The Morgan fingerprint density at radius 2 is 1.67 bits per heavy atom. The van der Waals surface area contributed by atoms with Crippen LogP contribution in [0.1, 0.15) is 17.5 Å². The molecular weight excluding hydrogens is 429 g/mol. The van der Waals surface area contributed by atoms with Crippen LogP contribution in [0.5, 0.6) is 0 Å². The third kappa shape index (κ3) is 4.77. The third-order valence-corrected chi connectivity index (χ3v) is 8.13. The van der Waals surface area contributed by atoms with Gasteiger partial charge in [-0.3, -0.25) is 0 Å². The van der Waals surface area contributed by atoms with E-state index < -0.39 is 25.7 Å². The molecule has 160 valence electrons. The fourth-order valence-corrected chi connectivity index (χ4v) is 6.00. The lowest BCUT2D eigenvalue weighted by atomic mass is 10.2. The van der Waals surface area contributed by atoms with E-state index in [2.05, 4.69) is 9.71 Å². The number of nitrogens with one attached hydrogen (secondary N) is 1. The van der Waals surface area contributed by atoms with Gasteiger partial charge in [0.1, 0.15) is 5.82 Å². The van der Waals surface area contributed by atoms with Gasteiger partial charge in [-0.05, 0) is 61.7 Å². The second-order valence-corrected chi connectivity index (χ2v) is 10.5. The quantitative estimate of drug-likeness (QED) is 0.420. The maximum absolute atomic E-state index is 13.2. The molecule has 1 aromatic heterocycles. The number of rotatable bonds is 8. The molecule has 1 N–H and O–H groups in total. The van der Waals surface area contributed by atoms with Crippen molar-refractivity contribution in [1.29, 1.82) is 0 Å². The van der Waals surface area contributed by atoms with Gasteiger partial charge in [0.2, 0.25) is 19.9 Å². The van der Waals surface area contributed by atoms with Gasteiger partial charge in [-0.1, -0.05) is 6.07 Å². The van der Waals surface area contributed by atoms with Crippen LogP contribution in [0.25, 0.3) is 0 Å². The predicted octanol–water partition coefficient (Wildman–Crippen LogP) is 2.84. The number of nitrogens with zero attached hydrogens (tertiary/aromatic N) is 2. The number of aryl methyl sites for hydroxylation is 3. The average molecular weight is 452 g/mol. The zero-order valence-corrected chi connectivity index (χ0v) is 18.2. The van der Waals surface area contributed by atoms with Crippen molar-refractivity contribution >= 4 is 19.9 Å². The first-order chi connectivity index (χ1) is 14.1. The summed E-state index contributed by atoms with van der Waals surface area (Å²) in [4.78, 5) is 3.60. The average Bonchev–Trinajstić information content (AvgIpc) is 3.18. The molecule has 0 unspecified atom stereocenters. The molecule has 0 bridgehead atoms. The van der Waals surface area contributed by atoms with Gasteiger partial charge in [0.05, 0.1) is 21.0 Å². The van der Waals surface area contributed by atoms with E-state index >= 15 is 0 Å². The molecule has 1 heterocycles. The Morgan fingerprint density at radius 3 is 2.30 bits per heavy atom. The Hall–Kier alpha value is -2.56. The summed E-state index contributed by atoms with van der Waals surface area (Å²) in [6.07, 6.45) is 5.61.